The van der Waals surface area contributed by atoms with Gasteiger partial charge in [0.2, 0.25) is 5.91 Å². The second kappa shape index (κ2) is 8.65. The number of piperidine rings is 1. The molecule has 2 amide bonds. The van der Waals surface area contributed by atoms with Gasteiger partial charge in [0.15, 0.2) is 12.6 Å². The zero-order chi connectivity index (χ0) is 20.2. The first-order valence-electron chi connectivity index (χ1n) is 9.77. The van der Waals surface area contributed by atoms with Crippen molar-refractivity contribution >= 4 is 11.8 Å². The minimum Gasteiger partial charge on any atom is -0.467 e. The van der Waals surface area contributed by atoms with E-state index >= 15 is 0 Å². The molecule has 4 rings (SSSR count). The highest BCUT2D eigenvalue weighted by Gasteiger charge is 2.33. The monoisotopic (exact) mass is 402 g/mol. The second-order valence-corrected chi connectivity index (χ2v) is 7.19. The molecule has 1 fully saturated rings. The van der Waals surface area contributed by atoms with E-state index in [2.05, 4.69) is 5.32 Å². The van der Waals surface area contributed by atoms with E-state index in [-0.39, 0.29) is 30.2 Å². The molecule has 1 aromatic heterocycles. The first-order chi connectivity index (χ1) is 14.1. The van der Waals surface area contributed by atoms with E-state index in [1.807, 2.05) is 0 Å². The molecule has 7 nitrogen and oxygen atoms in total. The first kappa shape index (κ1) is 19.4. The molecule has 154 valence electrons. The Bertz CT molecular complexity index is 883. The number of nitrogens with one attached hydrogen (secondary N) is 1. The third kappa shape index (κ3) is 4.27. The van der Waals surface area contributed by atoms with E-state index in [0.29, 0.717) is 49.4 Å². The number of hydrogen-bond acceptors (Lipinski definition) is 5. The van der Waals surface area contributed by atoms with Gasteiger partial charge in [-0.25, -0.2) is 4.39 Å². The quantitative estimate of drug-likeness (QED) is 0.832. The third-order valence-electron chi connectivity index (χ3n) is 5.24. The Morgan fingerprint density at radius 3 is 3.00 bits per heavy atom. The highest BCUT2D eigenvalue weighted by atomic mass is 19.1. The number of halogens is 1. The Labute approximate surface area is 167 Å². The number of ether oxygens (including phenoxy) is 2. The van der Waals surface area contributed by atoms with E-state index in [1.165, 1.54) is 18.4 Å². The summed E-state index contributed by atoms with van der Waals surface area (Å²) >= 11 is 0. The summed E-state index contributed by atoms with van der Waals surface area (Å²) in [5.41, 5.74) is 1.36. The first-order valence-corrected chi connectivity index (χ1v) is 9.77. The molecular weight excluding hydrogens is 379 g/mol. The third-order valence-corrected chi connectivity index (χ3v) is 5.24. The number of nitrogens with zero attached hydrogens (tertiary/aromatic N) is 1. The fraction of sp³-hybridized carbons (Fsp3) is 0.429. The van der Waals surface area contributed by atoms with Crippen molar-refractivity contribution in [3.8, 4) is 5.75 Å². The average Bonchev–Trinajstić information content (AvgIpc) is 3.28. The zero-order valence-corrected chi connectivity index (χ0v) is 16.0. The van der Waals surface area contributed by atoms with Gasteiger partial charge in [-0.2, -0.15) is 0 Å². The lowest BCUT2D eigenvalue weighted by molar-refractivity contribution is -0.126. The van der Waals surface area contributed by atoms with E-state index in [0.717, 1.165) is 12.8 Å². The van der Waals surface area contributed by atoms with Gasteiger partial charge in [0.25, 0.3) is 5.91 Å². The van der Waals surface area contributed by atoms with Crippen LogP contribution in [0.15, 0.2) is 34.9 Å². The number of likely N-dealkylation sites (tertiary alicyclic amines) is 1. The van der Waals surface area contributed by atoms with Crippen molar-refractivity contribution in [1.29, 1.82) is 0 Å². The van der Waals surface area contributed by atoms with Gasteiger partial charge in [0.05, 0.1) is 12.9 Å². The summed E-state index contributed by atoms with van der Waals surface area (Å²) in [6.45, 7) is 1.27. The van der Waals surface area contributed by atoms with E-state index in [4.69, 9.17) is 13.9 Å². The van der Waals surface area contributed by atoms with Crippen molar-refractivity contribution in [2.75, 3.05) is 19.9 Å². The molecule has 1 atom stereocenters. The molecule has 1 saturated heterocycles. The topological polar surface area (TPSA) is 81.0 Å². The summed E-state index contributed by atoms with van der Waals surface area (Å²) in [5, 5.41) is 2.88. The van der Waals surface area contributed by atoms with E-state index in [1.54, 1.807) is 17.0 Å². The van der Waals surface area contributed by atoms with E-state index in [9.17, 15) is 14.0 Å². The number of hydrogen-bond donors (Lipinski definition) is 1. The number of benzene rings is 1. The summed E-state index contributed by atoms with van der Waals surface area (Å²) in [4.78, 5) is 27.0. The summed E-state index contributed by atoms with van der Waals surface area (Å²) in [7, 11) is 0. The number of rotatable bonds is 5. The van der Waals surface area contributed by atoms with Crippen LogP contribution in [0.4, 0.5) is 4.39 Å². The number of furan rings is 1. The molecule has 8 heteroatoms. The Balaban J connectivity index is 1.39. The van der Waals surface area contributed by atoms with Gasteiger partial charge >= 0.3 is 0 Å². The highest BCUT2D eigenvalue weighted by Crippen LogP contribution is 2.29. The summed E-state index contributed by atoms with van der Waals surface area (Å²) < 4.78 is 29.7. The van der Waals surface area contributed by atoms with Gasteiger partial charge in [-0.3, -0.25) is 9.59 Å². The van der Waals surface area contributed by atoms with Crippen molar-refractivity contribution < 1.29 is 27.9 Å². The maximum atomic E-state index is 13.9. The van der Waals surface area contributed by atoms with Gasteiger partial charge in [-0.1, -0.05) is 0 Å². The normalized spacial score (nSPS) is 18.7. The molecule has 1 N–H and O–H groups in total. The molecule has 2 aliphatic heterocycles. The molecule has 2 aliphatic rings. The predicted molar refractivity (Wildman–Crippen MR) is 101 cm³/mol. The molecule has 29 heavy (non-hydrogen) atoms. The van der Waals surface area contributed by atoms with Crippen LogP contribution in [0.2, 0.25) is 0 Å². The average molecular weight is 402 g/mol. The van der Waals surface area contributed by atoms with Crippen molar-refractivity contribution in [2.24, 2.45) is 0 Å². The lowest BCUT2D eigenvalue weighted by Crippen LogP contribution is -2.52. The van der Waals surface area contributed by atoms with Crippen LogP contribution in [0, 0.1) is 5.82 Å². The number of carbonyl (C=O) groups is 2. The zero-order valence-electron chi connectivity index (χ0n) is 16.0. The molecule has 3 heterocycles. The minimum atomic E-state index is -0.535. The molecule has 0 bridgehead atoms. The number of carbonyl (C=O) groups excluding carboxylic acids is 2. The van der Waals surface area contributed by atoms with Gasteiger partial charge < -0.3 is 24.1 Å². The van der Waals surface area contributed by atoms with Crippen LogP contribution in [-0.4, -0.2) is 42.6 Å². The fourth-order valence-electron chi connectivity index (χ4n) is 3.87. The van der Waals surface area contributed by atoms with Crippen LogP contribution in [0.25, 0.3) is 0 Å². The Kier molecular flexibility index (Phi) is 5.80. The van der Waals surface area contributed by atoms with Crippen molar-refractivity contribution in [3.63, 3.8) is 0 Å². The highest BCUT2D eigenvalue weighted by molar-refractivity contribution is 5.95. The lowest BCUT2D eigenvalue weighted by Gasteiger charge is -2.34. The Morgan fingerprint density at radius 2 is 2.17 bits per heavy atom. The van der Waals surface area contributed by atoms with Crippen LogP contribution in [-0.2, 0) is 22.6 Å². The molecule has 0 saturated carbocycles. The fourth-order valence-corrected chi connectivity index (χ4v) is 3.87. The molecular formula is C21H23FN2O5. The Morgan fingerprint density at radius 1 is 1.28 bits per heavy atom. The standard InChI is InChI=1S/C21H23FN2O5/c22-16-10-14(19-15(11-16)12-27-13-29-19)6-7-23-20(25)17-4-1-2-8-24(17)21(26)18-5-3-9-28-18/h3,5,9-11,17H,1-2,4,6-8,12-13H2,(H,23,25). The van der Waals surface area contributed by atoms with Crippen molar-refractivity contribution in [1.82, 2.24) is 10.2 Å². The summed E-state index contributed by atoms with van der Waals surface area (Å²) in [5.74, 6) is 0.0119. The smallest absolute Gasteiger partial charge is 0.290 e. The molecule has 0 radical (unpaired) electrons. The Hall–Kier alpha value is -2.87. The second-order valence-electron chi connectivity index (χ2n) is 7.19. The molecule has 1 unspecified atom stereocenters. The molecule has 1 aromatic carbocycles. The van der Waals surface area contributed by atoms with E-state index < -0.39 is 6.04 Å². The lowest BCUT2D eigenvalue weighted by atomic mass is 10.0. The minimum absolute atomic E-state index is 0.129. The van der Waals surface area contributed by atoms with Crippen LogP contribution < -0.4 is 10.1 Å². The van der Waals surface area contributed by atoms with Gasteiger partial charge in [0.1, 0.15) is 17.6 Å². The predicted octanol–water partition coefficient (Wildman–Crippen LogP) is 2.64. The maximum absolute atomic E-state index is 13.9. The van der Waals surface area contributed by atoms with Gasteiger partial charge in [0, 0.05) is 18.7 Å². The summed E-state index contributed by atoms with van der Waals surface area (Å²) in [6.07, 6.45) is 4.20. The van der Waals surface area contributed by atoms with Crippen LogP contribution >= 0.6 is 0 Å². The SMILES string of the molecule is O=C(NCCc1cc(F)cc2c1OCOC2)C1CCCCN1C(=O)c1ccco1. The molecule has 2 aromatic rings. The van der Waals surface area contributed by atoms with Gasteiger partial charge in [-0.05, 0) is 55.5 Å². The summed E-state index contributed by atoms with van der Waals surface area (Å²) in [6, 6.07) is 5.54. The van der Waals surface area contributed by atoms with Crippen LogP contribution in [0.5, 0.6) is 5.75 Å². The molecule has 0 spiro atoms. The van der Waals surface area contributed by atoms with Gasteiger partial charge in [-0.15, -0.1) is 0 Å². The van der Waals surface area contributed by atoms with Crippen LogP contribution in [0.3, 0.4) is 0 Å². The van der Waals surface area contributed by atoms with Crippen molar-refractivity contribution in [2.45, 2.75) is 38.3 Å². The van der Waals surface area contributed by atoms with Crippen LogP contribution in [0.1, 0.15) is 40.9 Å². The van der Waals surface area contributed by atoms with Crippen molar-refractivity contribution in [3.05, 3.63) is 53.2 Å². The number of fused-ring (bicyclic) bond motifs is 1. The maximum Gasteiger partial charge on any atom is 0.290 e. The molecule has 0 aliphatic carbocycles. The largest absolute Gasteiger partial charge is 0.467 e. The number of amides is 2.